The average molecular weight is 504 g/mol. The van der Waals surface area contributed by atoms with E-state index in [1.54, 1.807) is 11.0 Å². The summed E-state index contributed by atoms with van der Waals surface area (Å²) in [6, 6.07) is 6.57. The molecule has 3 amide bonds. The van der Waals surface area contributed by atoms with E-state index in [0.717, 1.165) is 41.5 Å². The normalized spacial score (nSPS) is 26.7. The van der Waals surface area contributed by atoms with Crippen molar-refractivity contribution in [1.29, 1.82) is 0 Å². The van der Waals surface area contributed by atoms with E-state index in [4.69, 9.17) is 0 Å². The molecule has 0 radical (unpaired) electrons. The zero-order valence-corrected chi connectivity index (χ0v) is 22.3. The summed E-state index contributed by atoms with van der Waals surface area (Å²) in [4.78, 5) is 36.8. The number of piperidine rings is 1. The molecule has 3 heterocycles. The van der Waals surface area contributed by atoms with Crippen LogP contribution in [0.25, 0.3) is 0 Å². The standard InChI is InChI=1S/C14H14N2O3.C11H21NOS.C2H6/c1-8-2-3-10-9(6-8)7-16(14(10)19)11-4-5-12(17)15-13(11)18;13-14-8-6-11(7-9-14)12-10-4-2-1-3-5-10;1-2/h2-3,6,11H,4-5,7H2,1H3,(H,15,17,18);10-12H,1-9H2;1-2H3. The summed E-state index contributed by atoms with van der Waals surface area (Å²) in [6.45, 7) is 6.42. The molecule has 2 N–H and O–H groups in total. The number of nitrogens with zero attached hydrogens (tertiary/aromatic N) is 1. The Morgan fingerprint density at radius 2 is 1.60 bits per heavy atom. The molecule has 1 aromatic carbocycles. The monoisotopic (exact) mass is 503 g/mol. The quantitative estimate of drug-likeness (QED) is 0.615. The van der Waals surface area contributed by atoms with E-state index in [0.29, 0.717) is 24.6 Å². The van der Waals surface area contributed by atoms with Crippen LogP contribution in [0.4, 0.5) is 0 Å². The van der Waals surface area contributed by atoms with Gasteiger partial charge in [0.1, 0.15) is 6.04 Å². The van der Waals surface area contributed by atoms with Gasteiger partial charge < -0.3 is 10.2 Å². The zero-order valence-electron chi connectivity index (χ0n) is 21.4. The maximum absolute atomic E-state index is 12.3. The number of rotatable bonds is 3. The van der Waals surface area contributed by atoms with Crippen molar-refractivity contribution in [3.8, 4) is 0 Å². The number of amides is 3. The van der Waals surface area contributed by atoms with Crippen molar-refractivity contribution in [2.45, 2.75) is 103 Å². The van der Waals surface area contributed by atoms with Gasteiger partial charge in [-0.2, -0.15) is 0 Å². The summed E-state index contributed by atoms with van der Waals surface area (Å²) in [5, 5.41) is 6.04. The van der Waals surface area contributed by atoms with Gasteiger partial charge in [-0.3, -0.25) is 23.9 Å². The largest absolute Gasteiger partial charge is 0.322 e. The molecule has 3 aliphatic heterocycles. The lowest BCUT2D eigenvalue weighted by atomic mass is 9.94. The van der Waals surface area contributed by atoms with Crippen LogP contribution in [-0.2, 0) is 26.9 Å². The first kappa shape index (κ1) is 27.5. The van der Waals surface area contributed by atoms with Crippen molar-refractivity contribution in [3.05, 3.63) is 34.9 Å². The Morgan fingerprint density at radius 1 is 0.943 bits per heavy atom. The van der Waals surface area contributed by atoms with Crippen LogP contribution in [0.3, 0.4) is 0 Å². The van der Waals surface area contributed by atoms with Gasteiger partial charge in [0.15, 0.2) is 0 Å². The number of hydrogen-bond acceptors (Lipinski definition) is 5. The van der Waals surface area contributed by atoms with Crippen LogP contribution in [0.5, 0.6) is 0 Å². The van der Waals surface area contributed by atoms with Gasteiger partial charge in [0, 0.05) is 52.9 Å². The van der Waals surface area contributed by atoms with Gasteiger partial charge in [-0.1, -0.05) is 50.8 Å². The molecule has 8 heteroatoms. The highest BCUT2D eigenvalue weighted by Gasteiger charge is 2.38. The minimum Gasteiger partial charge on any atom is -0.322 e. The van der Waals surface area contributed by atoms with E-state index in [2.05, 4.69) is 10.6 Å². The molecule has 0 bridgehead atoms. The van der Waals surface area contributed by atoms with Gasteiger partial charge in [-0.05, 0) is 50.7 Å². The Balaban J connectivity index is 0.000000190. The molecule has 1 atom stereocenters. The van der Waals surface area contributed by atoms with Crippen LogP contribution in [-0.4, -0.2) is 56.5 Å². The highest BCUT2D eigenvalue weighted by atomic mass is 32.2. The highest BCUT2D eigenvalue weighted by Crippen LogP contribution is 2.28. The Kier molecular flexibility index (Phi) is 10.5. The number of nitrogens with one attached hydrogen (secondary N) is 2. The molecule has 1 aromatic rings. The third kappa shape index (κ3) is 7.46. The van der Waals surface area contributed by atoms with E-state index >= 15 is 0 Å². The summed E-state index contributed by atoms with van der Waals surface area (Å²) in [7, 11) is -0.507. The average Bonchev–Trinajstić information content (AvgIpc) is 3.18. The molecule has 7 nitrogen and oxygen atoms in total. The Labute approximate surface area is 212 Å². The Hall–Kier alpha value is -2.06. The fraction of sp³-hybridized carbons (Fsp3) is 0.667. The molecule has 4 aliphatic rings. The number of aryl methyl sites for hydroxylation is 1. The smallest absolute Gasteiger partial charge is 0.255 e. The first-order valence-electron chi connectivity index (χ1n) is 13.3. The summed E-state index contributed by atoms with van der Waals surface area (Å²) in [5.41, 5.74) is 2.71. The maximum atomic E-state index is 12.3. The van der Waals surface area contributed by atoms with E-state index in [-0.39, 0.29) is 24.1 Å². The number of hydrogen-bond donors (Lipinski definition) is 2. The van der Waals surface area contributed by atoms with Gasteiger partial charge >= 0.3 is 0 Å². The van der Waals surface area contributed by atoms with Crippen molar-refractivity contribution in [3.63, 3.8) is 0 Å². The molecule has 1 saturated carbocycles. The third-order valence-corrected chi connectivity index (χ3v) is 8.53. The van der Waals surface area contributed by atoms with E-state index in [9.17, 15) is 18.6 Å². The Morgan fingerprint density at radius 3 is 2.26 bits per heavy atom. The lowest BCUT2D eigenvalue weighted by molar-refractivity contribution is -0.136. The topological polar surface area (TPSA) is 95.6 Å². The second kappa shape index (κ2) is 13.3. The van der Waals surface area contributed by atoms with Gasteiger partial charge in [-0.25, -0.2) is 0 Å². The zero-order chi connectivity index (χ0) is 25.4. The second-order valence-electron chi connectivity index (χ2n) is 9.68. The summed E-state index contributed by atoms with van der Waals surface area (Å²) in [6.07, 6.45) is 9.89. The predicted octanol–water partition coefficient (Wildman–Crippen LogP) is 3.60. The van der Waals surface area contributed by atoms with E-state index < -0.39 is 16.8 Å². The van der Waals surface area contributed by atoms with Crippen molar-refractivity contribution < 1.29 is 18.6 Å². The van der Waals surface area contributed by atoms with E-state index in [1.807, 2.05) is 32.9 Å². The SMILES string of the molecule is CC.Cc1ccc2c(c1)CN(C1CCC(=O)NC1=O)C2=O.O=S1CCC(NC2CCCCC2)CC1. The van der Waals surface area contributed by atoms with Gasteiger partial charge in [0.2, 0.25) is 11.8 Å². The van der Waals surface area contributed by atoms with Crippen LogP contribution < -0.4 is 10.6 Å². The second-order valence-corrected chi connectivity index (χ2v) is 11.4. The molecule has 0 aromatic heterocycles. The summed E-state index contributed by atoms with van der Waals surface area (Å²) >= 11 is 0. The van der Waals surface area contributed by atoms with Crippen LogP contribution in [0.1, 0.15) is 93.1 Å². The lowest BCUT2D eigenvalue weighted by Crippen LogP contribution is -2.52. The third-order valence-electron chi connectivity index (χ3n) is 7.14. The number of benzene rings is 1. The number of fused-ring (bicyclic) bond motifs is 1. The van der Waals surface area contributed by atoms with Gasteiger partial charge in [-0.15, -0.1) is 0 Å². The van der Waals surface area contributed by atoms with Crippen molar-refractivity contribution in [2.75, 3.05) is 11.5 Å². The fourth-order valence-electron chi connectivity index (χ4n) is 5.27. The number of imide groups is 1. The van der Waals surface area contributed by atoms with Crippen molar-refractivity contribution >= 4 is 28.5 Å². The van der Waals surface area contributed by atoms with Gasteiger partial charge in [0.25, 0.3) is 5.91 Å². The fourth-order valence-corrected chi connectivity index (χ4v) is 6.57. The van der Waals surface area contributed by atoms with E-state index in [1.165, 1.54) is 32.1 Å². The molecule has 2 saturated heterocycles. The highest BCUT2D eigenvalue weighted by molar-refractivity contribution is 7.85. The maximum Gasteiger partial charge on any atom is 0.255 e. The Bertz CT molecular complexity index is 919. The summed E-state index contributed by atoms with van der Waals surface area (Å²) < 4.78 is 11.2. The molecule has 0 spiro atoms. The predicted molar refractivity (Wildman–Crippen MR) is 139 cm³/mol. The van der Waals surface area contributed by atoms with Crippen LogP contribution >= 0.6 is 0 Å². The minimum absolute atomic E-state index is 0.121. The lowest BCUT2D eigenvalue weighted by Gasteiger charge is -2.30. The molecule has 35 heavy (non-hydrogen) atoms. The van der Waals surface area contributed by atoms with Crippen LogP contribution in [0.2, 0.25) is 0 Å². The molecule has 1 unspecified atom stereocenters. The number of carbonyl (C=O) groups excluding carboxylic acids is 3. The summed E-state index contributed by atoms with van der Waals surface area (Å²) in [5.74, 6) is 1.09. The first-order valence-corrected chi connectivity index (χ1v) is 14.7. The van der Waals surface area contributed by atoms with Gasteiger partial charge in [0.05, 0.1) is 0 Å². The van der Waals surface area contributed by atoms with Crippen molar-refractivity contribution in [1.82, 2.24) is 15.5 Å². The first-order chi connectivity index (χ1) is 16.9. The van der Waals surface area contributed by atoms with Crippen molar-refractivity contribution in [2.24, 2.45) is 0 Å². The minimum atomic E-state index is -0.530. The molecular weight excluding hydrogens is 462 g/mol. The molecule has 194 valence electrons. The molecule has 5 rings (SSSR count). The van der Waals surface area contributed by atoms with Crippen LogP contribution in [0, 0.1) is 6.92 Å². The van der Waals surface area contributed by atoms with Crippen LogP contribution in [0.15, 0.2) is 18.2 Å². The molecule has 3 fully saturated rings. The molecule has 1 aliphatic carbocycles. The number of carbonyl (C=O) groups is 3. The molecular formula is C27H41N3O4S.